The van der Waals surface area contributed by atoms with Crippen LogP contribution in [0.3, 0.4) is 0 Å². The SMILES string of the molecule is CCc1ccc(C(O)C(=O)O)c(CCC(=O)O)c1. The minimum Gasteiger partial charge on any atom is -0.481 e. The van der Waals surface area contributed by atoms with E-state index in [4.69, 9.17) is 10.2 Å². The van der Waals surface area contributed by atoms with Gasteiger partial charge in [0.15, 0.2) is 6.10 Å². The average Bonchev–Trinajstić information content (AvgIpc) is 2.34. The molecule has 1 rings (SSSR count). The fourth-order valence-corrected chi connectivity index (χ4v) is 1.74. The molecule has 0 amide bonds. The van der Waals surface area contributed by atoms with E-state index in [9.17, 15) is 14.7 Å². The lowest BCUT2D eigenvalue weighted by molar-refractivity contribution is -0.147. The summed E-state index contributed by atoms with van der Waals surface area (Å²) in [5.41, 5.74) is 1.82. The van der Waals surface area contributed by atoms with Gasteiger partial charge in [0.1, 0.15) is 0 Å². The van der Waals surface area contributed by atoms with Crippen molar-refractivity contribution in [1.29, 1.82) is 0 Å². The Bertz CT molecular complexity index is 453. The van der Waals surface area contributed by atoms with Gasteiger partial charge >= 0.3 is 11.9 Å². The van der Waals surface area contributed by atoms with Crippen LogP contribution in [0.25, 0.3) is 0 Å². The maximum Gasteiger partial charge on any atom is 0.337 e. The van der Waals surface area contributed by atoms with Crippen molar-refractivity contribution in [2.75, 3.05) is 0 Å². The van der Waals surface area contributed by atoms with Gasteiger partial charge in [0.05, 0.1) is 0 Å². The molecule has 0 aliphatic carbocycles. The molecule has 1 unspecified atom stereocenters. The van der Waals surface area contributed by atoms with Crippen LogP contribution >= 0.6 is 0 Å². The first kappa shape index (κ1) is 14.2. The van der Waals surface area contributed by atoms with Crippen molar-refractivity contribution < 1.29 is 24.9 Å². The number of carboxylic acids is 2. The molecule has 0 saturated carbocycles. The second-order valence-corrected chi connectivity index (χ2v) is 4.02. The Morgan fingerprint density at radius 3 is 2.44 bits per heavy atom. The number of hydrogen-bond acceptors (Lipinski definition) is 3. The van der Waals surface area contributed by atoms with E-state index in [1.165, 1.54) is 0 Å². The molecule has 0 heterocycles. The van der Waals surface area contributed by atoms with Crippen LogP contribution in [0.4, 0.5) is 0 Å². The summed E-state index contributed by atoms with van der Waals surface area (Å²) < 4.78 is 0. The summed E-state index contributed by atoms with van der Waals surface area (Å²) in [6, 6.07) is 5.05. The van der Waals surface area contributed by atoms with Gasteiger partial charge in [-0.05, 0) is 29.5 Å². The third kappa shape index (κ3) is 3.56. The van der Waals surface area contributed by atoms with Gasteiger partial charge in [-0.1, -0.05) is 25.1 Å². The number of aliphatic carboxylic acids is 2. The molecule has 98 valence electrons. The predicted molar refractivity (Wildman–Crippen MR) is 64.4 cm³/mol. The van der Waals surface area contributed by atoms with E-state index in [-0.39, 0.29) is 18.4 Å². The van der Waals surface area contributed by atoms with Crippen LogP contribution in [0.2, 0.25) is 0 Å². The van der Waals surface area contributed by atoms with Crippen molar-refractivity contribution in [1.82, 2.24) is 0 Å². The van der Waals surface area contributed by atoms with Crippen molar-refractivity contribution in [3.05, 3.63) is 34.9 Å². The molecule has 0 fully saturated rings. The summed E-state index contributed by atoms with van der Waals surface area (Å²) in [7, 11) is 0. The molecule has 5 heteroatoms. The molecule has 1 atom stereocenters. The van der Waals surface area contributed by atoms with Gasteiger partial charge in [-0.25, -0.2) is 4.79 Å². The van der Waals surface area contributed by atoms with E-state index in [0.29, 0.717) is 5.56 Å². The van der Waals surface area contributed by atoms with E-state index in [2.05, 4.69) is 0 Å². The van der Waals surface area contributed by atoms with E-state index < -0.39 is 18.0 Å². The van der Waals surface area contributed by atoms with E-state index in [1.807, 2.05) is 6.92 Å². The number of aliphatic hydroxyl groups excluding tert-OH is 1. The molecule has 0 aromatic heterocycles. The lowest BCUT2D eigenvalue weighted by atomic mass is 9.95. The molecule has 0 bridgehead atoms. The number of benzene rings is 1. The summed E-state index contributed by atoms with van der Waals surface area (Å²) >= 11 is 0. The van der Waals surface area contributed by atoms with Gasteiger partial charge in [0.2, 0.25) is 0 Å². The van der Waals surface area contributed by atoms with Gasteiger partial charge in [-0.15, -0.1) is 0 Å². The number of aryl methyl sites for hydroxylation is 2. The highest BCUT2D eigenvalue weighted by Gasteiger charge is 2.19. The highest BCUT2D eigenvalue weighted by atomic mass is 16.4. The molecule has 0 spiro atoms. The number of carboxylic acid groups (broad SMARTS) is 2. The summed E-state index contributed by atoms with van der Waals surface area (Å²) in [5.74, 6) is -2.29. The smallest absolute Gasteiger partial charge is 0.337 e. The highest BCUT2D eigenvalue weighted by molar-refractivity contribution is 5.75. The Hall–Kier alpha value is -1.88. The Kier molecular flexibility index (Phi) is 4.85. The molecular weight excluding hydrogens is 236 g/mol. The van der Waals surface area contributed by atoms with Crippen LogP contribution in [0, 0.1) is 0 Å². The summed E-state index contributed by atoms with van der Waals surface area (Å²) in [6.07, 6.45) is -0.724. The maximum atomic E-state index is 10.8. The monoisotopic (exact) mass is 252 g/mol. The van der Waals surface area contributed by atoms with Crippen molar-refractivity contribution in [3.63, 3.8) is 0 Å². The molecule has 0 aliphatic rings. The molecule has 1 aromatic carbocycles. The zero-order valence-electron chi connectivity index (χ0n) is 10.1. The fourth-order valence-electron chi connectivity index (χ4n) is 1.74. The highest BCUT2D eigenvalue weighted by Crippen LogP contribution is 2.22. The van der Waals surface area contributed by atoms with E-state index >= 15 is 0 Å². The second kappa shape index (κ2) is 6.16. The quantitative estimate of drug-likeness (QED) is 0.711. The first-order chi connectivity index (χ1) is 8.45. The predicted octanol–water partition coefficient (Wildman–Crippen LogP) is 1.38. The normalized spacial score (nSPS) is 12.1. The molecule has 3 N–H and O–H groups in total. The topological polar surface area (TPSA) is 94.8 Å². The van der Waals surface area contributed by atoms with Crippen LogP contribution in [-0.2, 0) is 22.4 Å². The van der Waals surface area contributed by atoms with Gasteiger partial charge < -0.3 is 15.3 Å². The summed E-state index contributed by atoms with van der Waals surface area (Å²) in [5, 5.41) is 27.0. The Morgan fingerprint density at radius 2 is 1.94 bits per heavy atom. The van der Waals surface area contributed by atoms with Gasteiger partial charge in [-0.3, -0.25) is 4.79 Å². The van der Waals surface area contributed by atoms with Crippen LogP contribution < -0.4 is 0 Å². The summed E-state index contributed by atoms with van der Waals surface area (Å²) in [6.45, 7) is 1.95. The third-order valence-electron chi connectivity index (χ3n) is 2.75. The Labute approximate surface area is 105 Å². The largest absolute Gasteiger partial charge is 0.481 e. The molecule has 0 aliphatic heterocycles. The van der Waals surface area contributed by atoms with Crippen molar-refractivity contribution >= 4 is 11.9 Å². The molecule has 18 heavy (non-hydrogen) atoms. The molecule has 0 radical (unpaired) electrons. The first-order valence-corrected chi connectivity index (χ1v) is 5.70. The number of aliphatic hydroxyl groups is 1. The first-order valence-electron chi connectivity index (χ1n) is 5.70. The zero-order chi connectivity index (χ0) is 13.7. The standard InChI is InChI=1S/C13H16O5/c1-2-8-3-5-10(12(16)13(17)18)9(7-8)4-6-11(14)15/h3,5,7,12,16H,2,4,6H2,1H3,(H,14,15)(H,17,18). The Balaban J connectivity index is 3.07. The van der Waals surface area contributed by atoms with Gasteiger partial charge in [0.25, 0.3) is 0 Å². The van der Waals surface area contributed by atoms with Crippen LogP contribution in [0.15, 0.2) is 18.2 Å². The van der Waals surface area contributed by atoms with E-state index in [1.54, 1.807) is 18.2 Å². The van der Waals surface area contributed by atoms with Crippen molar-refractivity contribution in [2.24, 2.45) is 0 Å². The fraction of sp³-hybridized carbons (Fsp3) is 0.385. The number of rotatable bonds is 6. The third-order valence-corrected chi connectivity index (χ3v) is 2.75. The van der Waals surface area contributed by atoms with Crippen LogP contribution in [-0.4, -0.2) is 27.3 Å². The summed E-state index contributed by atoms with van der Waals surface area (Å²) in [4.78, 5) is 21.3. The molecule has 0 saturated heterocycles. The van der Waals surface area contributed by atoms with Crippen molar-refractivity contribution in [2.45, 2.75) is 32.3 Å². The second-order valence-electron chi connectivity index (χ2n) is 4.02. The number of carbonyl (C=O) groups is 2. The van der Waals surface area contributed by atoms with Gasteiger partial charge in [-0.2, -0.15) is 0 Å². The molecular formula is C13H16O5. The van der Waals surface area contributed by atoms with Gasteiger partial charge in [0, 0.05) is 6.42 Å². The lowest BCUT2D eigenvalue weighted by Gasteiger charge is -2.13. The molecule has 5 nitrogen and oxygen atoms in total. The average molecular weight is 252 g/mol. The van der Waals surface area contributed by atoms with E-state index in [0.717, 1.165) is 12.0 Å². The number of hydrogen-bond donors (Lipinski definition) is 3. The lowest BCUT2D eigenvalue weighted by Crippen LogP contribution is -2.13. The maximum absolute atomic E-state index is 10.8. The zero-order valence-corrected chi connectivity index (χ0v) is 10.1. The minimum atomic E-state index is -1.61. The van der Waals surface area contributed by atoms with Crippen molar-refractivity contribution in [3.8, 4) is 0 Å². The minimum absolute atomic E-state index is 0.0908. The van der Waals surface area contributed by atoms with Crippen LogP contribution in [0.1, 0.15) is 36.1 Å². The molecule has 1 aromatic rings. The van der Waals surface area contributed by atoms with Crippen LogP contribution in [0.5, 0.6) is 0 Å². The Morgan fingerprint density at radius 1 is 1.28 bits per heavy atom.